The van der Waals surface area contributed by atoms with Crippen LogP contribution in [-0.2, 0) is 4.74 Å². The fourth-order valence-electron chi connectivity index (χ4n) is 4.44. The summed E-state index contributed by atoms with van der Waals surface area (Å²) in [5.74, 6) is 0.843. The highest BCUT2D eigenvalue weighted by molar-refractivity contribution is 5.16. The normalized spacial score (nSPS) is 39.9. The third-order valence-electron chi connectivity index (χ3n) is 5.18. The first-order valence-corrected chi connectivity index (χ1v) is 7.23. The molecular weight excluding hydrogens is 198 g/mol. The molecule has 3 unspecified atom stereocenters. The lowest BCUT2D eigenvalue weighted by atomic mass is 9.54. The van der Waals surface area contributed by atoms with Gasteiger partial charge in [-0.1, -0.05) is 26.2 Å². The van der Waals surface area contributed by atoms with Crippen molar-refractivity contribution in [3.63, 3.8) is 0 Å². The third-order valence-corrected chi connectivity index (χ3v) is 5.18. The molecule has 0 aromatic heterocycles. The summed E-state index contributed by atoms with van der Waals surface area (Å²) in [4.78, 5) is 0. The molecule has 0 radical (unpaired) electrons. The summed E-state index contributed by atoms with van der Waals surface area (Å²) in [7, 11) is 0. The summed E-state index contributed by atoms with van der Waals surface area (Å²) < 4.78 is 5.99. The van der Waals surface area contributed by atoms with E-state index in [1.807, 2.05) is 0 Å². The predicted molar refractivity (Wildman–Crippen MR) is 65.4 cm³/mol. The van der Waals surface area contributed by atoms with Crippen molar-refractivity contribution in [1.82, 2.24) is 5.32 Å². The molecule has 1 aliphatic heterocycles. The summed E-state index contributed by atoms with van der Waals surface area (Å²) >= 11 is 0. The number of nitrogens with one attached hydrogen (secondary N) is 1. The highest BCUT2D eigenvalue weighted by Gasteiger charge is 2.64. The van der Waals surface area contributed by atoms with E-state index in [-0.39, 0.29) is 0 Å². The zero-order valence-corrected chi connectivity index (χ0v) is 10.5. The monoisotopic (exact) mass is 223 g/mol. The van der Waals surface area contributed by atoms with E-state index in [4.69, 9.17) is 4.74 Å². The number of hydrogen-bond acceptors (Lipinski definition) is 2. The number of unbranched alkanes of at least 4 members (excludes halogenated alkanes) is 1. The maximum atomic E-state index is 5.99. The number of fused-ring (bicyclic) bond motifs is 2. The van der Waals surface area contributed by atoms with Crippen molar-refractivity contribution in [3.05, 3.63) is 0 Å². The molecule has 2 nitrogen and oxygen atoms in total. The Hall–Kier alpha value is -0.0800. The molecule has 1 saturated heterocycles. The molecule has 16 heavy (non-hydrogen) atoms. The van der Waals surface area contributed by atoms with Crippen LogP contribution in [0.2, 0.25) is 0 Å². The Labute approximate surface area is 99.1 Å². The van der Waals surface area contributed by atoms with Crippen molar-refractivity contribution < 1.29 is 4.74 Å². The lowest BCUT2D eigenvalue weighted by Crippen LogP contribution is -2.67. The van der Waals surface area contributed by atoms with Gasteiger partial charge in [-0.05, 0) is 32.2 Å². The summed E-state index contributed by atoms with van der Waals surface area (Å²) in [6.07, 6.45) is 10.2. The summed E-state index contributed by atoms with van der Waals surface area (Å²) in [6, 6.07) is 0.786. The minimum Gasteiger partial charge on any atom is -0.377 e. The standard InChI is InChI=1S/C14H25NO/c1-2-3-9-15-12-11-6-10-16-13(11)14(12)7-4-5-8-14/h11-13,15H,2-10H2,1H3. The molecule has 2 heteroatoms. The van der Waals surface area contributed by atoms with Gasteiger partial charge in [-0.2, -0.15) is 0 Å². The molecule has 1 heterocycles. The van der Waals surface area contributed by atoms with Crippen molar-refractivity contribution in [3.8, 4) is 0 Å². The Kier molecular flexibility index (Phi) is 2.97. The highest BCUT2D eigenvalue weighted by Crippen LogP contribution is 2.60. The molecule has 3 aliphatic rings. The van der Waals surface area contributed by atoms with Crippen molar-refractivity contribution >= 4 is 0 Å². The average molecular weight is 223 g/mol. The summed E-state index contributed by atoms with van der Waals surface area (Å²) in [6.45, 7) is 4.50. The lowest BCUT2D eigenvalue weighted by molar-refractivity contribution is -0.130. The molecule has 0 bridgehead atoms. The quantitative estimate of drug-likeness (QED) is 0.740. The maximum absolute atomic E-state index is 5.99. The summed E-state index contributed by atoms with van der Waals surface area (Å²) in [5.41, 5.74) is 0.551. The van der Waals surface area contributed by atoms with Gasteiger partial charge in [0.05, 0.1) is 6.10 Å². The lowest BCUT2D eigenvalue weighted by Gasteiger charge is -2.57. The topological polar surface area (TPSA) is 21.3 Å². The van der Waals surface area contributed by atoms with Crippen LogP contribution >= 0.6 is 0 Å². The van der Waals surface area contributed by atoms with E-state index in [1.54, 1.807) is 0 Å². The molecule has 92 valence electrons. The van der Waals surface area contributed by atoms with E-state index in [1.165, 1.54) is 51.5 Å². The van der Waals surface area contributed by atoms with Gasteiger partial charge in [-0.25, -0.2) is 0 Å². The minimum absolute atomic E-state index is 0.551. The van der Waals surface area contributed by atoms with Crippen LogP contribution in [0.15, 0.2) is 0 Å². The zero-order chi connectivity index (χ0) is 11.0. The molecular formula is C14H25NO. The van der Waals surface area contributed by atoms with E-state index in [0.717, 1.165) is 18.6 Å². The van der Waals surface area contributed by atoms with Crippen LogP contribution in [0.25, 0.3) is 0 Å². The van der Waals surface area contributed by atoms with Gasteiger partial charge in [0.2, 0.25) is 0 Å². The van der Waals surface area contributed by atoms with Gasteiger partial charge in [0, 0.05) is 24.0 Å². The number of ether oxygens (including phenoxy) is 1. The Morgan fingerprint density at radius 2 is 2.12 bits per heavy atom. The van der Waals surface area contributed by atoms with Crippen molar-refractivity contribution in [1.29, 1.82) is 0 Å². The van der Waals surface area contributed by atoms with Gasteiger partial charge in [-0.15, -0.1) is 0 Å². The number of hydrogen-bond donors (Lipinski definition) is 1. The summed E-state index contributed by atoms with van der Waals surface area (Å²) in [5, 5.41) is 3.84. The maximum Gasteiger partial charge on any atom is 0.0690 e. The molecule has 0 amide bonds. The number of rotatable bonds is 4. The molecule has 1 N–H and O–H groups in total. The van der Waals surface area contributed by atoms with Crippen LogP contribution in [0.4, 0.5) is 0 Å². The van der Waals surface area contributed by atoms with Gasteiger partial charge >= 0.3 is 0 Å². The second kappa shape index (κ2) is 4.30. The van der Waals surface area contributed by atoms with Crippen LogP contribution in [0.5, 0.6) is 0 Å². The first-order valence-electron chi connectivity index (χ1n) is 7.23. The molecule has 3 atom stereocenters. The molecule has 2 aliphatic carbocycles. The van der Waals surface area contributed by atoms with E-state index in [2.05, 4.69) is 12.2 Å². The Morgan fingerprint density at radius 3 is 2.88 bits per heavy atom. The fourth-order valence-corrected chi connectivity index (χ4v) is 4.44. The van der Waals surface area contributed by atoms with Gasteiger partial charge in [0.15, 0.2) is 0 Å². The minimum atomic E-state index is 0.551. The van der Waals surface area contributed by atoms with Crippen LogP contribution in [0, 0.1) is 11.3 Å². The smallest absolute Gasteiger partial charge is 0.0690 e. The zero-order valence-electron chi connectivity index (χ0n) is 10.5. The first kappa shape index (κ1) is 11.0. The predicted octanol–water partition coefficient (Wildman–Crippen LogP) is 2.72. The van der Waals surface area contributed by atoms with Crippen molar-refractivity contribution in [2.75, 3.05) is 13.2 Å². The van der Waals surface area contributed by atoms with E-state index in [9.17, 15) is 0 Å². The van der Waals surface area contributed by atoms with Crippen LogP contribution in [0.3, 0.4) is 0 Å². The van der Waals surface area contributed by atoms with Gasteiger partial charge in [-0.3, -0.25) is 0 Å². The molecule has 2 saturated carbocycles. The van der Waals surface area contributed by atoms with Gasteiger partial charge < -0.3 is 10.1 Å². The largest absolute Gasteiger partial charge is 0.377 e. The second-order valence-electron chi connectivity index (χ2n) is 5.97. The highest BCUT2D eigenvalue weighted by atomic mass is 16.5. The van der Waals surface area contributed by atoms with Crippen molar-refractivity contribution in [2.24, 2.45) is 11.3 Å². The van der Waals surface area contributed by atoms with E-state index < -0.39 is 0 Å². The van der Waals surface area contributed by atoms with Crippen molar-refractivity contribution in [2.45, 2.75) is 64.0 Å². The first-order chi connectivity index (χ1) is 7.88. The van der Waals surface area contributed by atoms with Crippen LogP contribution in [0.1, 0.15) is 51.9 Å². The SMILES string of the molecule is CCCCNC1C2CCOC2C12CCCC2. The molecule has 3 rings (SSSR count). The van der Waals surface area contributed by atoms with Gasteiger partial charge in [0.1, 0.15) is 0 Å². The second-order valence-corrected chi connectivity index (χ2v) is 5.97. The average Bonchev–Trinajstić information content (AvgIpc) is 2.91. The third kappa shape index (κ3) is 1.46. The van der Waals surface area contributed by atoms with Gasteiger partial charge in [0.25, 0.3) is 0 Å². The van der Waals surface area contributed by atoms with Crippen LogP contribution < -0.4 is 5.32 Å². The Morgan fingerprint density at radius 1 is 1.31 bits per heavy atom. The Balaban J connectivity index is 1.65. The molecule has 3 fully saturated rings. The molecule has 0 aromatic carbocycles. The fraction of sp³-hybridized carbons (Fsp3) is 1.00. The molecule has 0 aromatic rings. The van der Waals surface area contributed by atoms with Crippen LogP contribution in [-0.4, -0.2) is 25.3 Å². The van der Waals surface area contributed by atoms with E-state index >= 15 is 0 Å². The van der Waals surface area contributed by atoms with E-state index in [0.29, 0.717) is 11.5 Å². The Bertz CT molecular complexity index is 247. The molecule has 1 spiro atoms.